The number of sulfonamides is 1. The van der Waals surface area contributed by atoms with E-state index in [9.17, 15) is 13.2 Å². The van der Waals surface area contributed by atoms with Crippen LogP contribution in [0.3, 0.4) is 0 Å². The van der Waals surface area contributed by atoms with Gasteiger partial charge in [0.15, 0.2) is 0 Å². The first-order valence-electron chi connectivity index (χ1n) is 9.95. The molecule has 1 amide bonds. The van der Waals surface area contributed by atoms with Crippen molar-refractivity contribution in [2.24, 2.45) is 0 Å². The van der Waals surface area contributed by atoms with Gasteiger partial charge in [-0.3, -0.25) is 4.79 Å². The van der Waals surface area contributed by atoms with E-state index < -0.39 is 15.9 Å². The Balaban J connectivity index is 1.68. The molecule has 3 rings (SSSR count). The van der Waals surface area contributed by atoms with Crippen molar-refractivity contribution in [3.8, 4) is 0 Å². The van der Waals surface area contributed by atoms with Crippen molar-refractivity contribution in [1.29, 1.82) is 0 Å². The Bertz CT molecular complexity index is 1120. The first-order valence-corrected chi connectivity index (χ1v) is 11.4. The third-order valence-corrected chi connectivity index (χ3v) is 6.87. The molecule has 0 fully saturated rings. The summed E-state index contributed by atoms with van der Waals surface area (Å²) in [6, 6.07) is 20.1. The minimum absolute atomic E-state index is 0.167. The van der Waals surface area contributed by atoms with Gasteiger partial charge in [0, 0.05) is 31.5 Å². The molecule has 0 atom stereocenters. The van der Waals surface area contributed by atoms with Crippen LogP contribution >= 0.6 is 0 Å². The molecule has 0 saturated carbocycles. The van der Waals surface area contributed by atoms with Crippen LogP contribution in [0.1, 0.15) is 13.8 Å². The molecule has 0 aliphatic carbocycles. The van der Waals surface area contributed by atoms with E-state index in [0.29, 0.717) is 5.69 Å². The summed E-state index contributed by atoms with van der Waals surface area (Å²) in [5, 5.41) is 4.57. The maximum atomic E-state index is 12.9. The number of nitrogens with zero attached hydrogens (tertiary/aromatic N) is 2. The van der Waals surface area contributed by atoms with Crippen LogP contribution < -0.4 is 10.2 Å². The highest BCUT2D eigenvalue weighted by Crippen LogP contribution is 2.22. The number of hydrogen-bond acceptors (Lipinski definition) is 4. The lowest BCUT2D eigenvalue weighted by Crippen LogP contribution is -2.35. The first-order chi connectivity index (χ1) is 14.3. The Morgan fingerprint density at radius 1 is 0.900 bits per heavy atom. The molecule has 0 aliphatic rings. The second-order valence-electron chi connectivity index (χ2n) is 7.04. The first kappa shape index (κ1) is 21.8. The van der Waals surface area contributed by atoms with Gasteiger partial charge in [-0.2, -0.15) is 4.31 Å². The molecule has 3 aromatic rings. The van der Waals surface area contributed by atoms with Gasteiger partial charge >= 0.3 is 0 Å². The van der Waals surface area contributed by atoms with Crippen molar-refractivity contribution >= 4 is 38.1 Å². The van der Waals surface area contributed by atoms with Crippen LogP contribution in [-0.4, -0.2) is 45.3 Å². The second-order valence-corrected chi connectivity index (χ2v) is 9.08. The lowest BCUT2D eigenvalue weighted by Gasteiger charge is -2.21. The van der Waals surface area contributed by atoms with Crippen LogP contribution in [0, 0.1) is 0 Å². The van der Waals surface area contributed by atoms with Gasteiger partial charge in [-0.25, -0.2) is 8.42 Å². The molecule has 0 unspecified atom stereocenters. The average Bonchev–Trinajstić information content (AvgIpc) is 2.75. The summed E-state index contributed by atoms with van der Waals surface area (Å²) in [5.41, 5.74) is 1.71. The van der Waals surface area contributed by atoms with Gasteiger partial charge < -0.3 is 10.2 Å². The Morgan fingerprint density at radius 2 is 1.53 bits per heavy atom. The molecule has 0 aliphatic heterocycles. The van der Waals surface area contributed by atoms with Crippen molar-refractivity contribution in [2.45, 2.75) is 18.7 Å². The third kappa shape index (κ3) is 4.80. The van der Waals surface area contributed by atoms with E-state index in [4.69, 9.17) is 0 Å². The summed E-state index contributed by atoms with van der Waals surface area (Å²) in [5.74, 6) is -0.391. The normalized spacial score (nSPS) is 11.6. The maximum absolute atomic E-state index is 12.9. The molecule has 0 aromatic heterocycles. The highest BCUT2D eigenvalue weighted by atomic mass is 32.2. The SMILES string of the molecule is CCN(CC)c1ccc(NC(=O)CN(C)S(=O)(=O)c2ccc3ccccc3c2)cc1. The highest BCUT2D eigenvalue weighted by molar-refractivity contribution is 7.89. The smallest absolute Gasteiger partial charge is 0.243 e. The van der Waals surface area contributed by atoms with Crippen LogP contribution in [0.5, 0.6) is 0 Å². The maximum Gasteiger partial charge on any atom is 0.243 e. The number of carbonyl (C=O) groups excluding carboxylic acids is 1. The lowest BCUT2D eigenvalue weighted by atomic mass is 10.1. The van der Waals surface area contributed by atoms with Crippen molar-refractivity contribution in [3.63, 3.8) is 0 Å². The van der Waals surface area contributed by atoms with Gasteiger partial charge in [0.25, 0.3) is 0 Å². The summed E-state index contributed by atoms with van der Waals surface area (Å²) < 4.78 is 26.8. The van der Waals surface area contributed by atoms with Crippen LogP contribution in [0.4, 0.5) is 11.4 Å². The molecule has 1 N–H and O–H groups in total. The van der Waals surface area contributed by atoms with Crippen LogP contribution in [0.25, 0.3) is 10.8 Å². The van der Waals surface area contributed by atoms with Gasteiger partial charge in [0.2, 0.25) is 15.9 Å². The summed E-state index contributed by atoms with van der Waals surface area (Å²) >= 11 is 0. The zero-order valence-electron chi connectivity index (χ0n) is 17.5. The highest BCUT2D eigenvalue weighted by Gasteiger charge is 2.23. The number of benzene rings is 3. The van der Waals surface area contributed by atoms with Crippen molar-refractivity contribution in [1.82, 2.24) is 4.31 Å². The molecule has 0 radical (unpaired) electrons. The topological polar surface area (TPSA) is 69.7 Å². The molecule has 7 heteroatoms. The molecule has 0 saturated heterocycles. The number of amides is 1. The molecule has 0 bridgehead atoms. The average molecular weight is 426 g/mol. The number of hydrogen-bond donors (Lipinski definition) is 1. The zero-order valence-corrected chi connectivity index (χ0v) is 18.3. The van der Waals surface area contributed by atoms with Crippen LogP contribution in [-0.2, 0) is 14.8 Å². The third-order valence-electron chi connectivity index (χ3n) is 5.08. The number of rotatable bonds is 8. The zero-order chi connectivity index (χ0) is 21.7. The van der Waals surface area contributed by atoms with Gasteiger partial charge in [-0.1, -0.05) is 30.3 Å². The van der Waals surface area contributed by atoms with Crippen molar-refractivity contribution in [2.75, 3.05) is 36.9 Å². The van der Waals surface area contributed by atoms with Gasteiger partial charge in [0.1, 0.15) is 0 Å². The minimum Gasteiger partial charge on any atom is -0.372 e. The minimum atomic E-state index is -3.78. The van der Waals surface area contributed by atoms with Crippen molar-refractivity contribution in [3.05, 3.63) is 66.7 Å². The fourth-order valence-corrected chi connectivity index (χ4v) is 4.50. The molecule has 0 spiro atoms. The quantitative estimate of drug-likeness (QED) is 0.593. The van der Waals surface area contributed by atoms with E-state index in [1.807, 2.05) is 48.5 Å². The summed E-state index contributed by atoms with van der Waals surface area (Å²) in [7, 11) is -2.37. The molecule has 0 heterocycles. The van der Waals surface area contributed by atoms with Crippen LogP contribution in [0.2, 0.25) is 0 Å². The van der Waals surface area contributed by atoms with E-state index in [1.54, 1.807) is 18.2 Å². The largest absolute Gasteiger partial charge is 0.372 e. The van der Waals surface area contributed by atoms with Crippen LogP contribution in [0.15, 0.2) is 71.6 Å². The monoisotopic (exact) mass is 425 g/mol. The second kappa shape index (κ2) is 9.28. The van der Waals surface area contributed by atoms with E-state index >= 15 is 0 Å². The molecular weight excluding hydrogens is 398 g/mol. The van der Waals surface area contributed by atoms with Gasteiger partial charge in [-0.05, 0) is 61.0 Å². The number of likely N-dealkylation sites (N-methyl/N-ethyl adjacent to an activating group) is 1. The fourth-order valence-electron chi connectivity index (χ4n) is 3.34. The fraction of sp³-hybridized carbons (Fsp3) is 0.261. The predicted octanol–water partition coefficient (Wildman–Crippen LogP) is 3.95. The molecule has 30 heavy (non-hydrogen) atoms. The lowest BCUT2D eigenvalue weighted by molar-refractivity contribution is -0.116. The Kier molecular flexibility index (Phi) is 6.74. The van der Waals surface area contributed by atoms with E-state index in [1.165, 1.54) is 7.05 Å². The number of anilines is 2. The van der Waals surface area contributed by atoms with E-state index in [2.05, 4.69) is 24.1 Å². The van der Waals surface area contributed by atoms with Gasteiger partial charge in [-0.15, -0.1) is 0 Å². The number of fused-ring (bicyclic) bond motifs is 1. The summed E-state index contributed by atoms with van der Waals surface area (Å²) in [4.78, 5) is 14.8. The predicted molar refractivity (Wildman–Crippen MR) is 122 cm³/mol. The standard InChI is InChI=1S/C23H27N3O3S/c1-4-26(5-2)21-13-11-20(12-14-21)24-23(27)17-25(3)30(28,29)22-15-10-18-8-6-7-9-19(18)16-22/h6-16H,4-5,17H2,1-3H3,(H,24,27). The molecule has 158 valence electrons. The molecule has 3 aromatic carbocycles. The number of carbonyl (C=O) groups is 1. The Hall–Kier alpha value is -2.90. The van der Waals surface area contributed by atoms with E-state index in [0.717, 1.165) is 33.9 Å². The summed E-state index contributed by atoms with van der Waals surface area (Å²) in [6.45, 7) is 5.71. The Labute approximate surface area is 178 Å². The number of nitrogens with one attached hydrogen (secondary N) is 1. The molecular formula is C23H27N3O3S. The van der Waals surface area contributed by atoms with Gasteiger partial charge in [0.05, 0.1) is 11.4 Å². The molecule has 6 nitrogen and oxygen atoms in total. The van der Waals surface area contributed by atoms with E-state index in [-0.39, 0.29) is 11.4 Å². The van der Waals surface area contributed by atoms with Crippen molar-refractivity contribution < 1.29 is 13.2 Å². The Morgan fingerprint density at radius 3 is 2.17 bits per heavy atom. The summed E-state index contributed by atoms with van der Waals surface area (Å²) in [6.07, 6.45) is 0.